The highest BCUT2D eigenvalue weighted by atomic mass is 32.2. The van der Waals surface area contributed by atoms with Gasteiger partial charge in [0.2, 0.25) is 5.91 Å². The molecule has 0 saturated carbocycles. The van der Waals surface area contributed by atoms with E-state index in [1.54, 1.807) is 41.3 Å². The van der Waals surface area contributed by atoms with Crippen molar-refractivity contribution in [1.29, 1.82) is 5.26 Å². The van der Waals surface area contributed by atoms with Gasteiger partial charge in [-0.3, -0.25) is 9.52 Å². The van der Waals surface area contributed by atoms with Gasteiger partial charge in [-0.15, -0.1) is 0 Å². The molecule has 3 rings (SSSR count). The van der Waals surface area contributed by atoms with Crippen molar-refractivity contribution in [2.45, 2.75) is 24.7 Å². The molecule has 128 valence electrons. The summed E-state index contributed by atoms with van der Waals surface area (Å²) in [6, 6.07) is 13.0. The smallest absolute Gasteiger partial charge is 0.261 e. The van der Waals surface area contributed by atoms with Crippen LogP contribution in [0.5, 0.6) is 0 Å². The Bertz CT molecular complexity index is 960. The monoisotopic (exact) mass is 355 g/mol. The van der Waals surface area contributed by atoms with Gasteiger partial charge in [0.15, 0.2) is 0 Å². The van der Waals surface area contributed by atoms with Gasteiger partial charge >= 0.3 is 0 Å². The van der Waals surface area contributed by atoms with Crippen LogP contribution in [0.2, 0.25) is 0 Å². The number of nitrogens with zero attached hydrogens (tertiary/aromatic N) is 2. The van der Waals surface area contributed by atoms with Crippen molar-refractivity contribution in [2.24, 2.45) is 0 Å². The van der Waals surface area contributed by atoms with Gasteiger partial charge in [-0.05, 0) is 60.9 Å². The number of anilines is 2. The van der Waals surface area contributed by atoms with Crippen LogP contribution in [0.15, 0.2) is 47.4 Å². The topological polar surface area (TPSA) is 90.3 Å². The van der Waals surface area contributed by atoms with Gasteiger partial charge in [0.25, 0.3) is 10.0 Å². The average molecular weight is 355 g/mol. The maximum Gasteiger partial charge on any atom is 0.261 e. The van der Waals surface area contributed by atoms with Crippen LogP contribution in [0, 0.1) is 11.3 Å². The van der Waals surface area contributed by atoms with Crippen molar-refractivity contribution in [1.82, 2.24) is 0 Å². The summed E-state index contributed by atoms with van der Waals surface area (Å²) in [4.78, 5) is 13.5. The van der Waals surface area contributed by atoms with Crippen molar-refractivity contribution >= 4 is 27.3 Å². The predicted molar refractivity (Wildman–Crippen MR) is 94.8 cm³/mol. The van der Waals surface area contributed by atoms with Crippen LogP contribution in [0.4, 0.5) is 11.4 Å². The molecule has 6 nitrogen and oxygen atoms in total. The first-order valence-corrected chi connectivity index (χ1v) is 9.33. The van der Waals surface area contributed by atoms with Gasteiger partial charge in [-0.2, -0.15) is 5.26 Å². The van der Waals surface area contributed by atoms with E-state index in [1.165, 1.54) is 13.0 Å². The number of hydrogen-bond acceptors (Lipinski definition) is 4. The molecule has 25 heavy (non-hydrogen) atoms. The van der Waals surface area contributed by atoms with Crippen LogP contribution in [0.1, 0.15) is 24.5 Å². The molecule has 2 aromatic rings. The van der Waals surface area contributed by atoms with Crippen LogP contribution < -0.4 is 9.62 Å². The van der Waals surface area contributed by atoms with E-state index in [1.807, 2.05) is 6.07 Å². The number of carbonyl (C=O) groups excluding carboxylic acids is 1. The minimum Gasteiger partial charge on any atom is -0.312 e. The molecule has 1 amide bonds. The van der Waals surface area contributed by atoms with Crippen molar-refractivity contribution in [3.8, 4) is 6.07 Å². The summed E-state index contributed by atoms with van der Waals surface area (Å²) in [6.45, 7) is 2.16. The van der Waals surface area contributed by atoms with Crippen molar-refractivity contribution in [3.05, 3.63) is 53.6 Å². The number of sulfonamides is 1. The fraction of sp³-hybridized carbons (Fsp3) is 0.222. The maximum atomic E-state index is 12.6. The van der Waals surface area contributed by atoms with E-state index in [0.717, 1.165) is 24.1 Å². The summed E-state index contributed by atoms with van der Waals surface area (Å²) in [5.41, 5.74) is 2.48. The number of rotatable bonds is 3. The van der Waals surface area contributed by atoms with Crippen LogP contribution in [0.3, 0.4) is 0 Å². The molecule has 1 heterocycles. The maximum absolute atomic E-state index is 12.6. The second-order valence-electron chi connectivity index (χ2n) is 5.86. The lowest BCUT2D eigenvalue weighted by molar-refractivity contribution is -0.116. The van der Waals surface area contributed by atoms with Crippen LogP contribution in [0.25, 0.3) is 0 Å². The zero-order valence-electron chi connectivity index (χ0n) is 13.7. The molecular formula is C18H17N3O3S. The van der Waals surface area contributed by atoms with Crippen molar-refractivity contribution in [2.75, 3.05) is 16.2 Å². The molecule has 0 radical (unpaired) electrons. The Labute approximate surface area is 146 Å². The third kappa shape index (κ3) is 3.49. The van der Waals surface area contributed by atoms with E-state index in [-0.39, 0.29) is 10.8 Å². The van der Waals surface area contributed by atoms with Crippen molar-refractivity contribution in [3.63, 3.8) is 0 Å². The number of benzene rings is 2. The summed E-state index contributed by atoms with van der Waals surface area (Å²) < 4.78 is 27.7. The van der Waals surface area contributed by atoms with Crippen molar-refractivity contribution < 1.29 is 13.2 Å². The Morgan fingerprint density at radius 1 is 1.20 bits per heavy atom. The Morgan fingerprint density at radius 2 is 1.92 bits per heavy atom. The summed E-state index contributed by atoms with van der Waals surface area (Å²) in [5.74, 6) is -0.0488. The first-order valence-electron chi connectivity index (χ1n) is 7.85. The van der Waals surface area contributed by atoms with E-state index < -0.39 is 10.0 Å². The molecule has 1 N–H and O–H groups in total. The first kappa shape index (κ1) is 17.0. The minimum atomic E-state index is -3.74. The standard InChI is InChI=1S/C18H17N3O3S/c1-13(22)21-10-2-3-15-11-17(8-9-18(15)21)25(23,24)20-16-6-4-14(12-19)5-7-16/h4-9,11,20H,2-3,10H2,1H3. The highest BCUT2D eigenvalue weighted by Gasteiger charge is 2.23. The summed E-state index contributed by atoms with van der Waals surface area (Å²) in [5, 5.41) is 8.80. The highest BCUT2D eigenvalue weighted by molar-refractivity contribution is 7.92. The normalized spacial score (nSPS) is 13.7. The minimum absolute atomic E-state index is 0.0488. The molecule has 1 aliphatic heterocycles. The number of aryl methyl sites for hydroxylation is 1. The Morgan fingerprint density at radius 3 is 2.56 bits per heavy atom. The molecule has 0 fully saturated rings. The first-order chi connectivity index (χ1) is 11.9. The summed E-state index contributed by atoms with van der Waals surface area (Å²) in [6.07, 6.45) is 1.54. The zero-order chi connectivity index (χ0) is 18.0. The van der Waals surface area contributed by atoms with E-state index in [2.05, 4.69) is 4.72 Å². The second-order valence-corrected chi connectivity index (χ2v) is 7.54. The molecular weight excluding hydrogens is 338 g/mol. The summed E-state index contributed by atoms with van der Waals surface area (Å²) in [7, 11) is -3.74. The molecule has 0 aliphatic carbocycles. The van der Waals surface area contributed by atoms with Gasteiger partial charge in [0, 0.05) is 24.8 Å². The molecule has 0 saturated heterocycles. The number of amides is 1. The highest BCUT2D eigenvalue weighted by Crippen LogP contribution is 2.30. The average Bonchev–Trinajstić information content (AvgIpc) is 2.61. The van der Waals surface area contributed by atoms with Gasteiger partial charge in [0.05, 0.1) is 16.5 Å². The zero-order valence-corrected chi connectivity index (χ0v) is 14.5. The number of nitrogens with one attached hydrogen (secondary N) is 1. The van der Waals surface area contributed by atoms with Crippen LogP contribution in [-0.4, -0.2) is 20.9 Å². The number of fused-ring (bicyclic) bond motifs is 1. The molecule has 7 heteroatoms. The number of hydrogen-bond donors (Lipinski definition) is 1. The van der Waals surface area contributed by atoms with E-state index in [0.29, 0.717) is 17.8 Å². The quantitative estimate of drug-likeness (QED) is 0.916. The lowest BCUT2D eigenvalue weighted by Crippen LogP contribution is -2.33. The largest absolute Gasteiger partial charge is 0.312 e. The van der Waals surface area contributed by atoms with Gasteiger partial charge in [-0.25, -0.2) is 8.42 Å². The van der Waals surface area contributed by atoms with E-state index in [9.17, 15) is 13.2 Å². The van der Waals surface area contributed by atoms with Gasteiger partial charge < -0.3 is 4.90 Å². The molecule has 0 spiro atoms. The predicted octanol–water partition coefficient (Wildman–Crippen LogP) is 2.66. The van der Waals surface area contributed by atoms with Gasteiger partial charge in [0.1, 0.15) is 0 Å². The van der Waals surface area contributed by atoms with E-state index >= 15 is 0 Å². The molecule has 1 aliphatic rings. The molecule has 2 aromatic carbocycles. The van der Waals surface area contributed by atoms with Crippen LogP contribution >= 0.6 is 0 Å². The Kier molecular flexibility index (Phi) is 4.47. The third-order valence-electron chi connectivity index (χ3n) is 4.13. The molecule has 0 bridgehead atoms. The Hall–Kier alpha value is -2.85. The fourth-order valence-corrected chi connectivity index (χ4v) is 4.00. The SMILES string of the molecule is CC(=O)N1CCCc2cc(S(=O)(=O)Nc3ccc(C#N)cc3)ccc21. The molecule has 0 aromatic heterocycles. The summed E-state index contributed by atoms with van der Waals surface area (Å²) >= 11 is 0. The van der Waals surface area contributed by atoms with Gasteiger partial charge in [-0.1, -0.05) is 0 Å². The molecule has 0 atom stereocenters. The van der Waals surface area contributed by atoms with Crippen LogP contribution in [-0.2, 0) is 21.2 Å². The number of nitriles is 1. The fourth-order valence-electron chi connectivity index (χ4n) is 2.89. The number of carbonyl (C=O) groups is 1. The Balaban J connectivity index is 1.90. The lowest BCUT2D eigenvalue weighted by atomic mass is 10.0. The third-order valence-corrected chi connectivity index (χ3v) is 5.51. The lowest BCUT2D eigenvalue weighted by Gasteiger charge is -2.28. The second kappa shape index (κ2) is 6.57. The van der Waals surface area contributed by atoms with E-state index in [4.69, 9.17) is 5.26 Å². The molecule has 0 unspecified atom stereocenters.